The van der Waals surface area contributed by atoms with E-state index in [0.717, 1.165) is 162 Å². The molecule has 24 heteroatoms. The van der Waals surface area contributed by atoms with Gasteiger partial charge in [0.2, 0.25) is 5.82 Å². The molecule has 2 amide bonds. The lowest BCUT2D eigenvalue weighted by Crippen LogP contribution is -2.58. The van der Waals surface area contributed by atoms with Crippen molar-refractivity contribution >= 4 is 11.9 Å². The Morgan fingerprint density at radius 2 is 0.809 bits per heavy atom. The molecular weight excluding hydrogens is 1180 g/mol. The number of fused-ring (bicyclic) bond motifs is 24. The number of benzene rings is 2. The summed E-state index contributed by atoms with van der Waals surface area (Å²) in [6.45, 7) is 23.8. The summed E-state index contributed by atoms with van der Waals surface area (Å²) in [5.41, 5.74) is 12.8. The zero-order valence-corrected chi connectivity index (χ0v) is 56.8. The third-order valence-corrected chi connectivity index (χ3v) is 17.5. The van der Waals surface area contributed by atoms with Crippen molar-refractivity contribution in [2.24, 2.45) is 5.10 Å². The Kier molecular flexibility index (Phi) is 21.0. The summed E-state index contributed by atoms with van der Waals surface area (Å²) in [5, 5.41) is 56.6. The lowest BCUT2D eigenvalue weighted by molar-refractivity contribution is -0.771. The zero-order valence-electron chi connectivity index (χ0n) is 56.8. The van der Waals surface area contributed by atoms with Gasteiger partial charge >= 0.3 is 11.7 Å². The average Bonchev–Trinajstić information content (AvgIpc) is 1.52. The molecule has 494 valence electrons. The minimum absolute atomic E-state index is 0.170. The molecule has 2 aromatic carbocycles. The number of hydrazine groups is 1. The number of rotatable bonds is 26. The number of aromatic nitrogens is 18. The molecule has 11 rings (SSSR count). The van der Waals surface area contributed by atoms with E-state index in [1.807, 2.05) is 61.2 Å². The predicted molar refractivity (Wildman–Crippen MR) is 363 cm³/mol. The van der Waals surface area contributed by atoms with Gasteiger partial charge in [0.15, 0.2) is 5.84 Å². The van der Waals surface area contributed by atoms with Crippen LogP contribution >= 0.6 is 0 Å². The molecule has 2 aliphatic rings. The van der Waals surface area contributed by atoms with Crippen LogP contribution in [-0.2, 0) is 23.9 Å². The third-order valence-electron chi connectivity index (χ3n) is 17.5. The minimum atomic E-state index is -0.306. The molecule has 0 atom stereocenters. The van der Waals surface area contributed by atoms with Crippen LogP contribution in [-0.4, -0.2) is 120 Å². The average molecular weight is 1270 g/mol. The topological polar surface area (TPSA) is 248 Å². The molecule has 0 saturated heterocycles. The number of hydrazone groups is 1. The van der Waals surface area contributed by atoms with Gasteiger partial charge in [0, 0.05) is 24.2 Å². The minimum Gasteiger partial charge on any atom is -0.276 e. The first-order valence-electron chi connectivity index (χ1n) is 34.4. The van der Waals surface area contributed by atoms with Gasteiger partial charge in [-0.05, 0) is 121 Å². The molecule has 24 nitrogen and oxygen atoms in total. The van der Waals surface area contributed by atoms with Gasteiger partial charge in [0.25, 0.3) is 0 Å². The number of carbonyl (C=O) groups excluding carboxylic acids is 1. The number of pyridine rings is 2. The first-order valence-corrected chi connectivity index (χ1v) is 34.4. The zero-order chi connectivity index (χ0) is 65.9. The number of hydrogen-bond donors (Lipinski definition) is 1. The van der Waals surface area contributed by atoms with E-state index in [1.54, 1.807) is 38.1 Å². The Hall–Kier alpha value is -9.22. The maximum Gasteiger partial charge on any atom is 0.539 e. The van der Waals surface area contributed by atoms with Crippen molar-refractivity contribution in [3.8, 4) is 79.7 Å². The van der Waals surface area contributed by atoms with Gasteiger partial charge < -0.3 is 0 Å². The lowest BCUT2D eigenvalue weighted by atomic mass is 9.86. The van der Waals surface area contributed by atoms with Crippen molar-refractivity contribution in [2.75, 3.05) is 13.1 Å². The fourth-order valence-corrected chi connectivity index (χ4v) is 11.7. The van der Waals surface area contributed by atoms with Crippen LogP contribution in [0.15, 0.2) is 95.3 Å². The highest BCUT2D eigenvalue weighted by Crippen LogP contribution is 2.34. The van der Waals surface area contributed by atoms with Gasteiger partial charge in [-0.3, -0.25) is 5.43 Å². The Balaban J connectivity index is 1.07. The van der Waals surface area contributed by atoms with E-state index >= 15 is 0 Å². The van der Waals surface area contributed by atoms with E-state index in [0.29, 0.717) is 94.5 Å². The first kappa shape index (κ1) is 66.2. The highest BCUT2D eigenvalue weighted by atomic mass is 16.2. The number of amidine groups is 1. The van der Waals surface area contributed by atoms with Crippen LogP contribution in [0.5, 0.6) is 0 Å². The number of unbranched alkanes of at least 4 members (excludes halogenated alkanes) is 16. The molecule has 0 fully saturated rings. The van der Waals surface area contributed by atoms with Gasteiger partial charge in [-0.1, -0.05) is 200 Å². The fraction of sp³-hybridized carbons (Fsp3) is 0.514. The number of carbonyl (C=O) groups is 1. The van der Waals surface area contributed by atoms with Crippen LogP contribution in [0.25, 0.3) is 79.7 Å². The summed E-state index contributed by atoms with van der Waals surface area (Å²) >= 11 is 0. The summed E-state index contributed by atoms with van der Waals surface area (Å²) in [7, 11) is 0. The van der Waals surface area contributed by atoms with Crippen LogP contribution in [0.2, 0.25) is 0 Å². The quantitative estimate of drug-likeness (QED) is 0.0391. The Morgan fingerprint density at radius 1 is 0.426 bits per heavy atom. The van der Waals surface area contributed by atoms with Gasteiger partial charge in [-0.25, -0.2) is 43.5 Å². The standard InChI is InChI=1S/C70H93N22O2/c1-11-15-19-23-27-31-85-67(93)86(32-28-24-20-16-12-2)78-65(77-85)49-35-57-61-45-89(81-73-61)53-39-51(69(5,6)7)41-55(43-53)91-47-63(75-83-91)59-37-50(66-79-87(33-29-25-21-17-13-3)68(94)88(80-66)34-30-26-22-18-14-4)38-60(72-59)64-48-92(84-76-64)56-42-52(70(8,9)10)40-54(44-56)90-46-62(74-82-90)58(36-49)71-57/h35-48H,11-34H2,1-10H3,(H,77,78)/q+1. The number of urea groups is 1. The Bertz CT molecular complexity index is 3940. The van der Waals surface area contributed by atoms with Gasteiger partial charge in [-0.2, -0.15) is 4.79 Å². The molecule has 1 N–H and O–H groups in total. The van der Waals surface area contributed by atoms with Crippen LogP contribution in [0.4, 0.5) is 4.79 Å². The van der Waals surface area contributed by atoms with Crippen LogP contribution in [0.1, 0.15) is 214 Å². The normalized spacial score (nSPS) is 13.1. The molecule has 16 bridgehead atoms. The van der Waals surface area contributed by atoms with Crippen molar-refractivity contribution in [1.29, 1.82) is 0 Å². The molecule has 0 saturated carbocycles. The predicted octanol–water partition coefficient (Wildman–Crippen LogP) is 13.1. The fourth-order valence-electron chi connectivity index (χ4n) is 11.7. The first-order chi connectivity index (χ1) is 45.5. The van der Waals surface area contributed by atoms with E-state index in [2.05, 4.69) is 98.9 Å². The largest absolute Gasteiger partial charge is 0.539 e. The molecule has 7 aromatic heterocycles. The second kappa shape index (κ2) is 29.8. The number of nitrogens with zero attached hydrogens (tertiary/aromatic N) is 21. The van der Waals surface area contributed by atoms with E-state index in [9.17, 15) is 9.59 Å². The highest BCUT2D eigenvalue weighted by Gasteiger charge is 2.30. The summed E-state index contributed by atoms with van der Waals surface area (Å²) in [4.78, 5) is 38.9. The third kappa shape index (κ3) is 15.9. The van der Waals surface area contributed by atoms with Gasteiger partial charge in [0.05, 0.1) is 70.3 Å². The molecule has 9 aromatic rings. The number of amides is 2. The molecule has 94 heavy (non-hydrogen) atoms. The van der Waals surface area contributed by atoms with Crippen LogP contribution < -0.4 is 15.8 Å². The van der Waals surface area contributed by atoms with Gasteiger partial charge in [0.1, 0.15) is 35.9 Å². The van der Waals surface area contributed by atoms with Crippen LogP contribution in [0.3, 0.4) is 0 Å². The SMILES string of the molecule is CCCCCCCN1N=C(c2cc3nc(c2)-c2cn(nn2)-c2cc(cc(C(C)(C)C)c2)-n2cc(nn2)-c2cc(-c4nn(CCCCCCC)c(=O)[n+](CCCCCCC)n4)cc(n2)-c2cn(nn2)-c2cc(cc(C(C)(C)C)c2)-n2cc-3nn2)NN(CCCCCCC)C1=O. The van der Waals surface area contributed by atoms with Crippen molar-refractivity contribution in [2.45, 2.75) is 222 Å². The van der Waals surface area contributed by atoms with Crippen LogP contribution in [0, 0.1) is 0 Å². The summed E-state index contributed by atoms with van der Waals surface area (Å²) in [6, 6.07) is 19.9. The smallest absolute Gasteiger partial charge is 0.276 e. The lowest BCUT2D eigenvalue weighted by Gasteiger charge is -2.34. The molecular formula is C70H93N22O2+. The van der Waals surface area contributed by atoms with E-state index < -0.39 is 0 Å². The van der Waals surface area contributed by atoms with E-state index in [4.69, 9.17) is 66.5 Å². The maximum atomic E-state index is 14.2. The molecule has 0 spiro atoms. The van der Waals surface area contributed by atoms with Crippen molar-refractivity contribution < 1.29 is 9.48 Å². The van der Waals surface area contributed by atoms with E-state index in [-0.39, 0.29) is 22.6 Å². The molecule has 0 aliphatic carbocycles. The number of nitrogens with one attached hydrogen (secondary N) is 1. The Labute approximate surface area is 551 Å². The highest BCUT2D eigenvalue weighted by molar-refractivity contribution is 6.02. The second-order valence-electron chi connectivity index (χ2n) is 27.2. The van der Waals surface area contributed by atoms with Gasteiger partial charge in [-0.15, -0.1) is 25.5 Å². The molecule has 2 aliphatic heterocycles. The maximum absolute atomic E-state index is 14.2. The summed E-state index contributed by atoms with van der Waals surface area (Å²) in [6.07, 6.45) is 28.3. The molecule has 9 heterocycles. The monoisotopic (exact) mass is 1270 g/mol. The molecule has 0 radical (unpaired) electrons. The number of hydrogen-bond acceptors (Lipinski definition) is 16. The van der Waals surface area contributed by atoms with Crippen molar-refractivity contribution in [1.82, 2.24) is 100 Å². The summed E-state index contributed by atoms with van der Waals surface area (Å²) < 4.78 is 10.1. The van der Waals surface area contributed by atoms with Crippen molar-refractivity contribution in [3.63, 3.8) is 0 Å². The summed E-state index contributed by atoms with van der Waals surface area (Å²) in [5.74, 6) is 0.879. The molecule has 0 unspecified atom stereocenters. The Morgan fingerprint density at radius 3 is 1.22 bits per heavy atom. The second-order valence-corrected chi connectivity index (χ2v) is 27.2. The van der Waals surface area contributed by atoms with Crippen molar-refractivity contribution in [3.05, 3.63) is 113 Å². The number of aryl methyl sites for hydroxylation is 2. The van der Waals surface area contributed by atoms with E-state index in [1.165, 1.54) is 0 Å².